The van der Waals surface area contributed by atoms with Gasteiger partial charge in [0.15, 0.2) is 0 Å². The Bertz CT molecular complexity index is 3100. The number of ether oxygens (including phenoxy) is 10. The average Bonchev–Trinajstić information content (AvgIpc) is 1.00. The van der Waals surface area contributed by atoms with E-state index in [4.69, 9.17) is 43.4 Å². The second kappa shape index (κ2) is 50.1. The number of amides is 4. The van der Waals surface area contributed by atoms with Crippen LogP contribution in [0.15, 0.2) is 145 Å². The Morgan fingerprint density at radius 1 is 0.404 bits per heavy atom. The van der Waals surface area contributed by atoms with Crippen LogP contribution in [0.2, 0.25) is 0 Å². The molecule has 4 rings (SSSR count). The minimum atomic E-state index is -1.04. The molecule has 0 aromatic heterocycles. The molecule has 9 N–H and O–H groups in total. The van der Waals surface area contributed by atoms with Crippen molar-refractivity contribution in [1.82, 2.24) is 21.3 Å². The van der Waals surface area contributed by atoms with Crippen molar-refractivity contribution >= 4 is 64.2 Å². The average molecular weight is 1470 g/mol. The molecule has 0 radical (unpaired) electrons. The van der Waals surface area contributed by atoms with Crippen LogP contribution >= 0.6 is 15.9 Å². The molecule has 26 nitrogen and oxygen atoms in total. The Labute approximate surface area is 594 Å². The molecule has 0 saturated heterocycles. The molecule has 546 valence electrons. The molecule has 32 heteroatoms. The number of phenolic OH excluding ortho intramolecular Hbond substituents is 1. The van der Waals surface area contributed by atoms with Crippen molar-refractivity contribution in [1.29, 1.82) is 0 Å². The topological polar surface area (TPSA) is 379 Å². The van der Waals surface area contributed by atoms with Crippen LogP contribution in [0.3, 0.4) is 0 Å². The summed E-state index contributed by atoms with van der Waals surface area (Å²) in [7, 11) is 3.90. The van der Waals surface area contributed by atoms with Gasteiger partial charge in [-0.25, -0.2) is 55.9 Å². The van der Waals surface area contributed by atoms with Gasteiger partial charge in [0.05, 0.1) is 68.9 Å². The van der Waals surface area contributed by atoms with E-state index in [-0.39, 0.29) is 104 Å². The largest absolute Gasteiger partial charge is 1.00 e. The fourth-order valence-corrected chi connectivity index (χ4v) is 6.35. The minimum Gasteiger partial charge on any atom is -0.870 e. The van der Waals surface area contributed by atoms with Crippen molar-refractivity contribution in [3.63, 3.8) is 0 Å². The molecule has 4 amide bonds. The number of aromatic hydroxyl groups is 1. The van der Waals surface area contributed by atoms with E-state index in [1.165, 1.54) is 69.9 Å². The first-order chi connectivity index (χ1) is 44.8. The predicted octanol–water partition coefficient (Wildman–Crippen LogP) is 9.54. The number of hydrogen-bond acceptors (Lipinski definition) is 20. The number of carboxylic acid groups (broad SMARTS) is 1. The predicted molar refractivity (Wildman–Crippen MR) is 358 cm³/mol. The van der Waals surface area contributed by atoms with Gasteiger partial charge >= 0.3 is 67.1 Å². The van der Waals surface area contributed by atoms with Gasteiger partial charge in [0, 0.05) is 48.2 Å². The summed E-state index contributed by atoms with van der Waals surface area (Å²) in [6, 6.07) is 24.0. The number of benzene rings is 4. The molecule has 0 saturated carbocycles. The number of carbonyl (C=O) groups is 8. The number of alkyl halides is 1. The molecule has 0 unspecified atom stereocenters. The Balaban J connectivity index is -0.000000580. The summed E-state index contributed by atoms with van der Waals surface area (Å²) < 4.78 is 101. The van der Waals surface area contributed by atoms with Crippen LogP contribution < -0.4 is 54.3 Å². The van der Waals surface area contributed by atoms with Gasteiger partial charge in [0.2, 0.25) is 0 Å². The summed E-state index contributed by atoms with van der Waals surface area (Å²) >= 11 is 3.09. The van der Waals surface area contributed by atoms with Gasteiger partial charge in [-0.2, -0.15) is 0 Å². The third-order valence-corrected chi connectivity index (χ3v) is 11.2. The van der Waals surface area contributed by atoms with E-state index in [1.807, 2.05) is 0 Å². The fraction of sp³-hybridized carbons (Fsp3) is 0.403. The third-order valence-electron chi connectivity index (χ3n) is 10.4. The molecule has 0 aliphatic rings. The number of methoxy groups -OCH3 is 3. The molecule has 0 fully saturated rings. The molecular weight excluding hydrogens is 1380 g/mol. The van der Waals surface area contributed by atoms with Crippen molar-refractivity contribution in [3.8, 4) is 23.0 Å². The second-order valence-electron chi connectivity index (χ2n) is 23.4. The zero-order valence-corrected chi connectivity index (χ0v) is 59.9. The first-order valence-electron chi connectivity index (χ1n) is 28.9. The van der Waals surface area contributed by atoms with E-state index in [1.54, 1.807) is 132 Å². The minimum absolute atomic E-state index is 0. The molecule has 4 aromatic carbocycles. The second-order valence-corrected chi connectivity index (χ2v) is 24.0. The number of carbonyl (C=O) groups excluding carboxylic acids is 7. The third kappa shape index (κ3) is 48.1. The van der Waals surface area contributed by atoms with Crippen molar-refractivity contribution in [3.05, 3.63) is 167 Å². The first-order valence-corrected chi connectivity index (χ1v) is 30.0. The standard InChI is InChI=1S/2C17H22FNO5.C16H20FNO5.C9H15BrFNO2.C8H8O3.Li.2H2O/c2*1-17(2,3)24-16(21)19-10-12(9-18)11-23-14-7-5-13(6-8-14)15(20)22-4;1-16(2,3)23-15(21)18-9-11(8-17)10-22-13-6-4-12(5-7-13)14(19)20;1-9(2,3)14-8(13)12-6-7(4-10)5-11;1-11-8(10)6-2-4-7(9)5-3-6;;;/h2*5-9H,10-11H2,1-4H3,(H,19,21);4-8H,9-10H2,1-3H3,(H,18,21)(H,19,20);5H,4,6H2,1-3H3,(H,12,13);2-5,9H,1H3;;2*1H2/q;;;;;+1;;/p-1/b12-9+;;11-8+;;;;;. The number of halogens is 5. The number of alkyl carbamates (subject to hydrolysis) is 4. The summed E-state index contributed by atoms with van der Waals surface area (Å²) in [6.45, 7) is 20.7. The van der Waals surface area contributed by atoms with E-state index < -0.39 is 70.7 Å². The van der Waals surface area contributed by atoms with E-state index in [9.17, 15) is 55.9 Å². The first kappa shape index (κ1) is 96.1. The van der Waals surface area contributed by atoms with Crippen LogP contribution in [0.1, 0.15) is 125 Å². The van der Waals surface area contributed by atoms with Crippen molar-refractivity contribution in [2.24, 2.45) is 0 Å². The molecule has 0 bridgehead atoms. The van der Waals surface area contributed by atoms with Gasteiger partial charge in [-0.1, -0.05) is 15.9 Å². The molecule has 0 aliphatic heterocycles. The van der Waals surface area contributed by atoms with Crippen molar-refractivity contribution in [2.75, 3.05) is 72.7 Å². The smallest absolute Gasteiger partial charge is 0.870 e. The molecule has 0 atom stereocenters. The van der Waals surface area contributed by atoms with E-state index >= 15 is 0 Å². The van der Waals surface area contributed by atoms with Gasteiger partial charge in [0.25, 0.3) is 0 Å². The van der Waals surface area contributed by atoms with Crippen LogP contribution in [-0.2, 0) is 33.2 Å². The number of carboxylic acids is 1. The molecule has 0 aliphatic carbocycles. The Morgan fingerprint density at radius 3 is 0.808 bits per heavy atom. The molecule has 99 heavy (non-hydrogen) atoms. The number of aromatic carboxylic acids is 1. The number of nitrogens with one attached hydrogen (secondary N) is 4. The van der Waals surface area contributed by atoms with Crippen LogP contribution in [0.4, 0.5) is 36.7 Å². The van der Waals surface area contributed by atoms with Gasteiger partial charge in [-0.3, -0.25) is 0 Å². The fourth-order valence-electron chi connectivity index (χ4n) is 6.03. The van der Waals surface area contributed by atoms with E-state index in [2.05, 4.69) is 51.4 Å². The Morgan fingerprint density at radius 2 is 0.616 bits per heavy atom. The summed E-state index contributed by atoms with van der Waals surface area (Å²) in [5.41, 5.74) is 0.0588. The monoisotopic (exact) mass is 1460 g/mol. The van der Waals surface area contributed by atoms with E-state index in [0.717, 1.165) is 0 Å². The Hall–Kier alpha value is -9.28. The quantitative estimate of drug-likeness (QED) is 0.0140. The number of esters is 3. The summed E-state index contributed by atoms with van der Waals surface area (Å²) in [5, 5.41) is 27.8. The van der Waals surface area contributed by atoms with Gasteiger partial charge < -0.3 is 89.8 Å². The maximum absolute atomic E-state index is 12.9. The summed E-state index contributed by atoms with van der Waals surface area (Å²) in [6.07, 6.45) is -0.899. The zero-order chi connectivity index (χ0) is 73.2. The molecular formula is C67H90BrF4LiN4O22. The van der Waals surface area contributed by atoms with Gasteiger partial charge in [-0.05, 0) is 186 Å². The normalized spacial score (nSPS) is 11.2. The van der Waals surface area contributed by atoms with Crippen LogP contribution in [0.5, 0.6) is 23.0 Å². The maximum atomic E-state index is 12.9. The van der Waals surface area contributed by atoms with Gasteiger partial charge in [-0.15, -0.1) is 0 Å². The number of phenols is 1. The summed E-state index contributed by atoms with van der Waals surface area (Å²) in [5.74, 6) is -0.893. The SMILES string of the molecule is CC(C)(C)OC(=O)NC/C(=C\F)COc1ccc(C(=O)O)cc1.CC(C)(C)OC(=O)NCC(=CF)CBr.COC(=O)c1ccc(O)cc1.COC(=O)c1ccc(OC/C(=C/F)CNC(=O)OC(C)(C)C)cc1.COC(=O)c1ccc(OCC(=CF)CNC(=O)OC(C)(C)C)cc1.O.[Li+].[OH-]. The van der Waals surface area contributed by atoms with Crippen LogP contribution in [0.25, 0.3) is 0 Å². The maximum Gasteiger partial charge on any atom is 1.00 e. The number of rotatable bonds is 22. The van der Waals surface area contributed by atoms with E-state index in [0.29, 0.717) is 70.2 Å². The zero-order valence-electron chi connectivity index (χ0n) is 58.3. The van der Waals surface area contributed by atoms with Crippen molar-refractivity contribution in [2.45, 2.75) is 105 Å². The number of hydrogen-bond donors (Lipinski definition) is 6. The van der Waals surface area contributed by atoms with Gasteiger partial charge in [0.1, 0.15) is 65.2 Å². The summed E-state index contributed by atoms with van der Waals surface area (Å²) in [4.78, 5) is 89.8. The molecule has 4 aromatic rings. The molecule has 0 spiro atoms. The van der Waals surface area contributed by atoms with Crippen LogP contribution in [0, 0.1) is 0 Å². The Kier molecular flexibility index (Phi) is 48.6. The molecule has 0 heterocycles. The van der Waals surface area contributed by atoms with Crippen molar-refractivity contribution < 1.29 is 143 Å². The van der Waals surface area contributed by atoms with Crippen LogP contribution in [-0.4, -0.2) is 164 Å².